The number of ether oxygens (including phenoxy) is 1. The molecule has 0 spiro atoms. The normalized spacial score (nSPS) is 17.5. The van der Waals surface area contributed by atoms with Gasteiger partial charge in [-0.3, -0.25) is 19.2 Å². The number of carbonyl (C=O) groups excluding carboxylic acids is 2. The molecule has 170 valence electrons. The predicted molar refractivity (Wildman–Crippen MR) is 121 cm³/mol. The topological polar surface area (TPSA) is 93.5 Å². The average molecular weight is 447 g/mol. The lowest BCUT2D eigenvalue weighted by molar-refractivity contribution is -0.117. The van der Waals surface area contributed by atoms with E-state index in [-0.39, 0.29) is 17.9 Å². The van der Waals surface area contributed by atoms with Gasteiger partial charge in [0.15, 0.2) is 5.82 Å². The Labute approximate surface area is 192 Å². The lowest BCUT2D eigenvalue weighted by atomic mass is 10.1. The summed E-state index contributed by atoms with van der Waals surface area (Å²) >= 11 is 0. The van der Waals surface area contributed by atoms with Gasteiger partial charge in [-0.15, -0.1) is 0 Å². The highest BCUT2D eigenvalue weighted by Crippen LogP contribution is 2.36. The monoisotopic (exact) mass is 446 g/mol. The molecule has 33 heavy (non-hydrogen) atoms. The Bertz CT molecular complexity index is 1220. The van der Waals surface area contributed by atoms with Gasteiger partial charge in [-0.2, -0.15) is 5.10 Å². The van der Waals surface area contributed by atoms with Crippen LogP contribution in [0.3, 0.4) is 0 Å². The second-order valence-electron chi connectivity index (χ2n) is 8.47. The smallest absolute Gasteiger partial charge is 0.272 e. The van der Waals surface area contributed by atoms with Gasteiger partial charge in [0.2, 0.25) is 5.91 Å². The van der Waals surface area contributed by atoms with Crippen molar-refractivity contribution in [2.75, 3.05) is 18.6 Å². The average Bonchev–Trinajstić information content (AvgIpc) is 3.54. The van der Waals surface area contributed by atoms with Crippen LogP contribution in [0.2, 0.25) is 0 Å². The van der Waals surface area contributed by atoms with Crippen LogP contribution in [0.15, 0.2) is 36.5 Å². The Hall–Kier alpha value is -3.75. The number of aromatic nitrogens is 4. The molecular formula is C24H26N6O3. The van der Waals surface area contributed by atoms with Crippen LogP contribution < -0.4 is 9.64 Å². The number of benzene rings is 1. The van der Waals surface area contributed by atoms with Gasteiger partial charge in [0.25, 0.3) is 5.91 Å². The minimum Gasteiger partial charge on any atom is -0.497 e. The van der Waals surface area contributed by atoms with Gasteiger partial charge in [-0.25, -0.2) is 9.97 Å². The molecule has 9 nitrogen and oxygen atoms in total. The number of nitrogens with zero attached hydrogens (tertiary/aromatic N) is 6. The van der Waals surface area contributed by atoms with Gasteiger partial charge in [0.05, 0.1) is 26.1 Å². The lowest BCUT2D eigenvalue weighted by Crippen LogP contribution is -2.33. The van der Waals surface area contributed by atoms with Crippen LogP contribution in [-0.4, -0.2) is 50.1 Å². The molecule has 3 aromatic rings. The number of rotatable bonds is 5. The summed E-state index contributed by atoms with van der Waals surface area (Å²) in [5.41, 5.74) is 3.18. The molecule has 0 unspecified atom stereocenters. The van der Waals surface area contributed by atoms with E-state index in [0.29, 0.717) is 36.8 Å². The second-order valence-corrected chi connectivity index (χ2v) is 8.47. The quantitative estimate of drug-likeness (QED) is 0.598. The van der Waals surface area contributed by atoms with Gasteiger partial charge >= 0.3 is 0 Å². The maximum atomic E-state index is 13.2. The highest BCUT2D eigenvalue weighted by Gasteiger charge is 2.37. The Kier molecular flexibility index (Phi) is 5.32. The number of hydrogen-bond acceptors (Lipinski definition) is 6. The molecule has 1 saturated heterocycles. The summed E-state index contributed by atoms with van der Waals surface area (Å²) < 4.78 is 6.81. The van der Waals surface area contributed by atoms with E-state index in [9.17, 15) is 9.59 Å². The fraction of sp³-hybridized carbons (Fsp3) is 0.375. The summed E-state index contributed by atoms with van der Waals surface area (Å²) in [6.07, 6.45) is 3.58. The highest BCUT2D eigenvalue weighted by molar-refractivity contribution is 6.00. The second kappa shape index (κ2) is 8.31. The van der Waals surface area contributed by atoms with Crippen molar-refractivity contribution < 1.29 is 14.3 Å². The molecule has 2 amide bonds. The number of carbonyl (C=O) groups is 2. The Morgan fingerprint density at radius 3 is 2.67 bits per heavy atom. The minimum atomic E-state index is -0.227. The third kappa shape index (κ3) is 3.73. The fourth-order valence-corrected chi connectivity index (χ4v) is 4.63. The first kappa shape index (κ1) is 21.1. The summed E-state index contributed by atoms with van der Waals surface area (Å²) in [4.78, 5) is 39.2. The van der Waals surface area contributed by atoms with Crippen LogP contribution >= 0.6 is 0 Å². The van der Waals surface area contributed by atoms with E-state index in [0.717, 1.165) is 35.4 Å². The maximum Gasteiger partial charge on any atom is 0.272 e. The Morgan fingerprint density at radius 1 is 1.18 bits per heavy atom. The molecule has 5 rings (SSSR count). The SMILES string of the molecule is COc1ccc(CN2C(=O)Cc3c(C)nc([C@H]4CCCN4C(=O)c4ccnn4C)nc32)cc1. The molecule has 1 atom stereocenters. The molecule has 2 aliphatic rings. The van der Waals surface area contributed by atoms with E-state index >= 15 is 0 Å². The first-order chi connectivity index (χ1) is 16.0. The third-order valence-corrected chi connectivity index (χ3v) is 6.45. The number of aryl methyl sites for hydroxylation is 2. The standard InChI is InChI=1S/C24H26N6O3/c1-15-18-13-21(31)30(14-16-6-8-17(33-3)9-7-16)23(18)27-22(26-15)19-5-4-12-29(19)24(32)20-10-11-25-28(20)2/h6-11,19H,4-5,12-14H2,1-3H3/t19-/m1/s1. The molecule has 2 aliphatic heterocycles. The zero-order valence-corrected chi connectivity index (χ0v) is 19.0. The summed E-state index contributed by atoms with van der Waals surface area (Å²) in [5, 5.41) is 4.12. The maximum absolute atomic E-state index is 13.2. The van der Waals surface area contributed by atoms with E-state index in [1.54, 1.807) is 36.0 Å². The van der Waals surface area contributed by atoms with Crippen molar-refractivity contribution in [2.24, 2.45) is 7.05 Å². The molecule has 0 bridgehead atoms. The fourth-order valence-electron chi connectivity index (χ4n) is 4.63. The van der Waals surface area contributed by atoms with Crippen molar-refractivity contribution in [1.82, 2.24) is 24.6 Å². The van der Waals surface area contributed by atoms with Crippen molar-refractivity contribution in [3.8, 4) is 5.75 Å². The van der Waals surface area contributed by atoms with Crippen LogP contribution in [-0.2, 0) is 24.8 Å². The largest absolute Gasteiger partial charge is 0.497 e. The van der Waals surface area contributed by atoms with E-state index < -0.39 is 0 Å². The molecule has 1 aromatic carbocycles. The summed E-state index contributed by atoms with van der Waals surface area (Å²) in [6.45, 7) is 2.98. The van der Waals surface area contributed by atoms with Crippen molar-refractivity contribution in [1.29, 1.82) is 0 Å². The van der Waals surface area contributed by atoms with Gasteiger partial charge in [-0.1, -0.05) is 12.1 Å². The van der Waals surface area contributed by atoms with Crippen LogP contribution in [0.4, 0.5) is 5.82 Å². The molecule has 4 heterocycles. The van der Waals surface area contributed by atoms with Crippen LogP contribution in [0.5, 0.6) is 5.75 Å². The zero-order valence-electron chi connectivity index (χ0n) is 19.0. The highest BCUT2D eigenvalue weighted by atomic mass is 16.5. The zero-order chi connectivity index (χ0) is 23.1. The molecule has 0 N–H and O–H groups in total. The van der Waals surface area contributed by atoms with Crippen molar-refractivity contribution in [3.63, 3.8) is 0 Å². The van der Waals surface area contributed by atoms with Crippen molar-refractivity contribution >= 4 is 17.6 Å². The van der Waals surface area contributed by atoms with E-state index in [2.05, 4.69) is 5.10 Å². The van der Waals surface area contributed by atoms with Crippen molar-refractivity contribution in [2.45, 2.75) is 38.8 Å². The lowest BCUT2D eigenvalue weighted by Gasteiger charge is -2.25. The first-order valence-corrected chi connectivity index (χ1v) is 11.1. The molecule has 0 saturated carbocycles. The summed E-state index contributed by atoms with van der Waals surface area (Å²) in [6, 6.07) is 9.16. The van der Waals surface area contributed by atoms with Gasteiger partial charge in [0, 0.05) is 31.0 Å². The molecule has 0 radical (unpaired) electrons. The molecule has 2 aromatic heterocycles. The van der Waals surface area contributed by atoms with Crippen LogP contribution in [0.25, 0.3) is 0 Å². The summed E-state index contributed by atoms with van der Waals surface area (Å²) in [5.74, 6) is 1.94. The number of likely N-dealkylation sites (tertiary alicyclic amines) is 1. The molecule has 9 heteroatoms. The Morgan fingerprint density at radius 2 is 1.97 bits per heavy atom. The number of anilines is 1. The van der Waals surface area contributed by atoms with Crippen molar-refractivity contribution in [3.05, 3.63) is 64.9 Å². The number of hydrogen-bond donors (Lipinski definition) is 0. The molecule has 1 fully saturated rings. The van der Waals surface area contributed by atoms with Crippen LogP contribution in [0, 0.1) is 6.92 Å². The van der Waals surface area contributed by atoms with E-state index in [1.165, 1.54) is 0 Å². The number of amides is 2. The van der Waals surface area contributed by atoms with E-state index in [4.69, 9.17) is 14.7 Å². The molecule has 0 aliphatic carbocycles. The third-order valence-electron chi connectivity index (χ3n) is 6.45. The van der Waals surface area contributed by atoms with Gasteiger partial charge < -0.3 is 9.64 Å². The van der Waals surface area contributed by atoms with Crippen LogP contribution in [0.1, 0.15) is 52.0 Å². The first-order valence-electron chi connectivity index (χ1n) is 11.1. The number of fused-ring (bicyclic) bond motifs is 1. The summed E-state index contributed by atoms with van der Waals surface area (Å²) in [7, 11) is 3.39. The Balaban J connectivity index is 1.46. The predicted octanol–water partition coefficient (Wildman–Crippen LogP) is 2.59. The number of methoxy groups -OCH3 is 1. The van der Waals surface area contributed by atoms with E-state index in [1.807, 2.05) is 36.1 Å². The minimum absolute atomic E-state index is 0.00427. The van der Waals surface area contributed by atoms with Gasteiger partial charge in [0.1, 0.15) is 17.3 Å². The molecular weight excluding hydrogens is 420 g/mol. The van der Waals surface area contributed by atoms with Gasteiger partial charge in [-0.05, 0) is 43.5 Å².